The number of carbonyl (C=O) groups is 2. The monoisotopic (exact) mass is 396 g/mol. The van der Waals surface area contributed by atoms with E-state index in [2.05, 4.69) is 5.32 Å². The van der Waals surface area contributed by atoms with E-state index in [1.165, 1.54) is 0 Å². The summed E-state index contributed by atoms with van der Waals surface area (Å²) in [5.41, 5.74) is 2.97. The zero-order chi connectivity index (χ0) is 21.4. The number of aryl methyl sites for hydroxylation is 1. The van der Waals surface area contributed by atoms with E-state index in [0.717, 1.165) is 28.9 Å². The summed E-state index contributed by atoms with van der Waals surface area (Å²) in [4.78, 5) is 27.6. The fourth-order valence-corrected chi connectivity index (χ4v) is 3.11. The summed E-state index contributed by atoms with van der Waals surface area (Å²) in [5, 5.41) is 2.99. The average molecular weight is 397 g/mol. The van der Waals surface area contributed by atoms with Crippen molar-refractivity contribution in [2.45, 2.75) is 59.2 Å². The van der Waals surface area contributed by atoms with Crippen molar-refractivity contribution in [1.82, 2.24) is 10.2 Å². The second-order valence-corrected chi connectivity index (χ2v) is 7.53. The zero-order valence-electron chi connectivity index (χ0n) is 18.1. The van der Waals surface area contributed by atoms with Gasteiger partial charge in [-0.25, -0.2) is 0 Å². The van der Waals surface area contributed by atoms with Gasteiger partial charge in [0.05, 0.1) is 13.5 Å². The summed E-state index contributed by atoms with van der Waals surface area (Å²) in [6.45, 7) is 8.12. The van der Waals surface area contributed by atoms with Gasteiger partial charge in [0.2, 0.25) is 11.8 Å². The molecule has 1 N–H and O–H groups in total. The van der Waals surface area contributed by atoms with Crippen LogP contribution >= 0.6 is 0 Å². The first-order valence-corrected chi connectivity index (χ1v) is 10.1. The van der Waals surface area contributed by atoms with Crippen molar-refractivity contribution in [3.05, 3.63) is 65.2 Å². The van der Waals surface area contributed by atoms with Crippen molar-refractivity contribution in [1.29, 1.82) is 0 Å². The number of ether oxygens (including phenoxy) is 1. The summed E-state index contributed by atoms with van der Waals surface area (Å²) in [5.74, 6) is 0.510. The molecule has 0 fully saturated rings. The Labute approximate surface area is 174 Å². The zero-order valence-corrected chi connectivity index (χ0v) is 18.1. The van der Waals surface area contributed by atoms with Crippen LogP contribution in [-0.2, 0) is 22.6 Å². The number of amides is 2. The minimum absolute atomic E-state index is 0.0653. The number of methoxy groups -OCH3 is 1. The molecule has 5 heteroatoms. The summed E-state index contributed by atoms with van der Waals surface area (Å²) in [6.07, 6.45) is 1.10. The topological polar surface area (TPSA) is 58.6 Å². The van der Waals surface area contributed by atoms with E-state index in [1.54, 1.807) is 18.9 Å². The molecule has 2 aromatic rings. The molecule has 29 heavy (non-hydrogen) atoms. The van der Waals surface area contributed by atoms with E-state index in [0.29, 0.717) is 6.54 Å². The fourth-order valence-electron chi connectivity index (χ4n) is 3.11. The second-order valence-electron chi connectivity index (χ2n) is 7.53. The Morgan fingerprint density at radius 3 is 2.41 bits per heavy atom. The van der Waals surface area contributed by atoms with Crippen molar-refractivity contribution >= 4 is 11.8 Å². The van der Waals surface area contributed by atoms with Gasteiger partial charge in [0, 0.05) is 12.6 Å². The first-order chi connectivity index (χ1) is 13.8. The molecule has 2 atom stereocenters. The molecule has 0 heterocycles. The van der Waals surface area contributed by atoms with Crippen LogP contribution in [0.1, 0.15) is 43.9 Å². The highest BCUT2D eigenvalue weighted by atomic mass is 16.5. The molecular weight excluding hydrogens is 364 g/mol. The van der Waals surface area contributed by atoms with Crippen molar-refractivity contribution in [3.63, 3.8) is 0 Å². The van der Waals surface area contributed by atoms with E-state index in [9.17, 15) is 9.59 Å². The lowest BCUT2D eigenvalue weighted by molar-refractivity contribution is -0.140. The predicted molar refractivity (Wildman–Crippen MR) is 116 cm³/mol. The lowest BCUT2D eigenvalue weighted by Crippen LogP contribution is -2.49. The van der Waals surface area contributed by atoms with Gasteiger partial charge >= 0.3 is 0 Å². The maximum absolute atomic E-state index is 13.2. The molecule has 2 aromatic carbocycles. The third-order valence-electron chi connectivity index (χ3n) is 5.09. The Morgan fingerprint density at radius 2 is 1.76 bits per heavy atom. The van der Waals surface area contributed by atoms with Crippen LogP contribution in [0.2, 0.25) is 0 Å². The lowest BCUT2D eigenvalue weighted by Gasteiger charge is -2.30. The molecule has 0 aromatic heterocycles. The quantitative estimate of drug-likeness (QED) is 0.700. The summed E-state index contributed by atoms with van der Waals surface area (Å²) in [7, 11) is 1.61. The first-order valence-electron chi connectivity index (χ1n) is 10.1. The van der Waals surface area contributed by atoms with Gasteiger partial charge < -0.3 is 15.0 Å². The van der Waals surface area contributed by atoms with Gasteiger partial charge in [-0.1, -0.05) is 48.9 Å². The third kappa shape index (κ3) is 6.63. The van der Waals surface area contributed by atoms with Crippen LogP contribution in [0.25, 0.3) is 0 Å². The Bertz CT molecular complexity index is 834. The smallest absolute Gasteiger partial charge is 0.242 e. The molecule has 0 unspecified atom stereocenters. The summed E-state index contributed by atoms with van der Waals surface area (Å²) < 4.78 is 5.30. The fraction of sp³-hybridized carbons (Fsp3) is 0.417. The number of rotatable bonds is 9. The number of carbonyl (C=O) groups excluding carboxylic acids is 2. The van der Waals surface area contributed by atoms with E-state index < -0.39 is 6.04 Å². The molecule has 0 aliphatic carbocycles. The molecule has 0 saturated heterocycles. The van der Waals surface area contributed by atoms with Crippen LogP contribution in [-0.4, -0.2) is 35.9 Å². The Kier molecular flexibility index (Phi) is 8.25. The molecule has 0 saturated carbocycles. The molecule has 2 amide bonds. The minimum atomic E-state index is -0.576. The van der Waals surface area contributed by atoms with Crippen molar-refractivity contribution in [2.75, 3.05) is 7.11 Å². The molecule has 156 valence electrons. The Balaban J connectivity index is 2.25. The second kappa shape index (κ2) is 10.6. The maximum atomic E-state index is 13.2. The predicted octanol–water partition coefficient (Wildman–Crippen LogP) is 3.88. The van der Waals surface area contributed by atoms with Gasteiger partial charge in [0.25, 0.3) is 0 Å². The average Bonchev–Trinajstić information content (AvgIpc) is 2.71. The Hall–Kier alpha value is -2.82. The molecule has 0 aliphatic heterocycles. The standard InChI is InChI=1S/C24H32N2O3/c1-6-18(3)25-24(28)19(4)26(16-21-11-8-12-22(14-21)29-5)23(27)15-20-10-7-9-17(2)13-20/h7-14,18-19H,6,15-16H2,1-5H3,(H,25,28)/t18-,19+/m1/s1. The summed E-state index contributed by atoms with van der Waals surface area (Å²) >= 11 is 0. The van der Waals surface area contributed by atoms with Gasteiger partial charge in [-0.2, -0.15) is 0 Å². The number of nitrogens with zero attached hydrogens (tertiary/aromatic N) is 1. The molecule has 5 nitrogen and oxygen atoms in total. The Morgan fingerprint density at radius 1 is 1.07 bits per heavy atom. The summed E-state index contributed by atoms with van der Waals surface area (Å²) in [6, 6.07) is 15.0. The van der Waals surface area contributed by atoms with E-state index >= 15 is 0 Å². The minimum Gasteiger partial charge on any atom is -0.497 e. The third-order valence-corrected chi connectivity index (χ3v) is 5.09. The molecule has 0 radical (unpaired) electrons. The van der Waals surface area contributed by atoms with Crippen LogP contribution in [0, 0.1) is 6.92 Å². The van der Waals surface area contributed by atoms with Crippen LogP contribution in [0.15, 0.2) is 48.5 Å². The van der Waals surface area contributed by atoms with Crippen LogP contribution in [0.4, 0.5) is 0 Å². The van der Waals surface area contributed by atoms with E-state index in [4.69, 9.17) is 4.74 Å². The SMILES string of the molecule is CC[C@@H](C)NC(=O)[C@H](C)N(Cc1cccc(OC)c1)C(=O)Cc1cccc(C)c1. The van der Waals surface area contributed by atoms with Gasteiger partial charge in [-0.05, 0) is 50.5 Å². The number of nitrogens with one attached hydrogen (secondary N) is 1. The van der Waals surface area contributed by atoms with Gasteiger partial charge in [0.1, 0.15) is 11.8 Å². The number of hydrogen-bond acceptors (Lipinski definition) is 3. The van der Waals surface area contributed by atoms with Crippen molar-refractivity contribution < 1.29 is 14.3 Å². The van der Waals surface area contributed by atoms with Crippen LogP contribution in [0.5, 0.6) is 5.75 Å². The molecular formula is C24H32N2O3. The molecule has 0 aliphatic rings. The van der Waals surface area contributed by atoms with Gasteiger partial charge in [-0.15, -0.1) is 0 Å². The largest absolute Gasteiger partial charge is 0.497 e. The first kappa shape index (κ1) is 22.5. The van der Waals surface area contributed by atoms with E-state index in [-0.39, 0.29) is 24.3 Å². The van der Waals surface area contributed by atoms with Crippen LogP contribution < -0.4 is 10.1 Å². The highest BCUT2D eigenvalue weighted by molar-refractivity contribution is 5.88. The highest BCUT2D eigenvalue weighted by Crippen LogP contribution is 2.17. The highest BCUT2D eigenvalue weighted by Gasteiger charge is 2.27. The van der Waals surface area contributed by atoms with Gasteiger partial charge in [-0.3, -0.25) is 9.59 Å². The van der Waals surface area contributed by atoms with E-state index in [1.807, 2.05) is 69.3 Å². The van der Waals surface area contributed by atoms with Crippen molar-refractivity contribution in [3.8, 4) is 5.75 Å². The lowest BCUT2D eigenvalue weighted by atomic mass is 10.1. The van der Waals surface area contributed by atoms with Crippen molar-refractivity contribution in [2.24, 2.45) is 0 Å². The molecule has 2 rings (SSSR count). The molecule has 0 bridgehead atoms. The van der Waals surface area contributed by atoms with Gasteiger partial charge in [0.15, 0.2) is 0 Å². The number of hydrogen-bond donors (Lipinski definition) is 1. The molecule has 0 spiro atoms. The number of benzene rings is 2. The maximum Gasteiger partial charge on any atom is 0.242 e. The van der Waals surface area contributed by atoms with Crippen LogP contribution in [0.3, 0.4) is 0 Å². The normalized spacial score (nSPS) is 12.7.